The lowest BCUT2D eigenvalue weighted by atomic mass is 9.89. The first-order valence-corrected chi connectivity index (χ1v) is 13.4. The first kappa shape index (κ1) is 34.6. The molecule has 0 bridgehead atoms. The summed E-state index contributed by atoms with van der Waals surface area (Å²) in [6, 6.07) is 8.54. The van der Waals surface area contributed by atoms with Gasteiger partial charge < -0.3 is 45.6 Å². The number of carbonyl (C=O) groups is 2. The Morgan fingerprint density at radius 2 is 1.82 bits per heavy atom. The molecule has 0 radical (unpaired) electrons. The molecule has 12 nitrogen and oxygen atoms in total. The van der Waals surface area contributed by atoms with Gasteiger partial charge in [0, 0.05) is 24.7 Å². The third kappa shape index (κ3) is 15.2. The number of allylic oxidation sites excluding steroid dienone is 2. The lowest BCUT2D eigenvalue weighted by molar-refractivity contribution is -0.466. The van der Waals surface area contributed by atoms with Crippen LogP contribution in [0.2, 0.25) is 0 Å². The van der Waals surface area contributed by atoms with Crippen molar-refractivity contribution in [1.29, 1.82) is 0 Å². The number of carboxylic acids is 2. The van der Waals surface area contributed by atoms with E-state index in [0.29, 0.717) is 50.8 Å². The smallest absolute Gasteiger partial charge is 0.338 e. The molecule has 6 atom stereocenters. The third-order valence-electron chi connectivity index (χ3n) is 6.35. The number of rotatable bonds is 16. The van der Waals surface area contributed by atoms with Crippen molar-refractivity contribution in [3.63, 3.8) is 0 Å². The first-order chi connectivity index (χ1) is 19.0. The normalized spacial score (nSPS) is 21.9. The Labute approximate surface area is 234 Å². The van der Waals surface area contributed by atoms with Crippen LogP contribution >= 0.6 is 0 Å². The molecule has 12 heteroatoms. The van der Waals surface area contributed by atoms with E-state index in [-0.39, 0.29) is 30.8 Å². The van der Waals surface area contributed by atoms with Crippen LogP contribution in [0.3, 0.4) is 0 Å². The number of nitrogens with two attached hydrogens (primary N) is 2. The molecule has 2 rings (SSSR count). The van der Waals surface area contributed by atoms with E-state index >= 15 is 0 Å². The quantitative estimate of drug-likeness (QED) is 0.0440. The summed E-state index contributed by atoms with van der Waals surface area (Å²) in [6.45, 7) is 0.663. The molecule has 1 fully saturated rings. The largest absolute Gasteiger partial charge is 0.550 e. The van der Waals surface area contributed by atoms with E-state index < -0.39 is 36.3 Å². The number of para-hydroxylation sites is 1. The van der Waals surface area contributed by atoms with Crippen LogP contribution in [0, 0.1) is 11.8 Å². The van der Waals surface area contributed by atoms with Gasteiger partial charge in [-0.05, 0) is 50.2 Å². The van der Waals surface area contributed by atoms with Crippen molar-refractivity contribution in [3.8, 4) is 5.75 Å². The summed E-state index contributed by atoms with van der Waals surface area (Å²) in [5.74, 6) is -1.76. The van der Waals surface area contributed by atoms with Crippen molar-refractivity contribution in [2.75, 3.05) is 13.2 Å². The van der Waals surface area contributed by atoms with Crippen LogP contribution in [0.5, 0.6) is 5.75 Å². The molecule has 0 aliphatic heterocycles. The van der Waals surface area contributed by atoms with E-state index in [1.807, 2.05) is 42.5 Å². The standard InChI is InChI=1S/C22H30O6.C6H14N4O2/c23-16(15-28-17-8-4-3-5-9-17)12-13-19-18(20(24)14-21(19)25)10-6-1-2-7-11-22(26)27;7-4(5(11)12)2-1-3-10-6(8)9/h1,3-6,8-9,12-13,16,18-21,23-25H,2,7,10-11,14-15H2,(H,26,27);4H,1-3,7H2,(H,11,12)(H4,8,9,10)/b6-1-,13-12+;/t16-,18?,19?,20+,21-;4-/m10/s1. The monoisotopic (exact) mass is 564 g/mol. The van der Waals surface area contributed by atoms with Gasteiger partial charge in [0.25, 0.3) is 0 Å². The Morgan fingerprint density at radius 3 is 2.45 bits per heavy atom. The maximum Gasteiger partial charge on any atom is 0.338 e. The lowest BCUT2D eigenvalue weighted by Gasteiger charge is -2.19. The minimum absolute atomic E-state index is 0.0312. The van der Waals surface area contributed by atoms with Crippen molar-refractivity contribution < 1.29 is 50.6 Å². The van der Waals surface area contributed by atoms with Crippen LogP contribution < -0.4 is 37.1 Å². The van der Waals surface area contributed by atoms with Gasteiger partial charge >= 0.3 is 5.96 Å². The number of carboxylic acid groups (broad SMARTS) is 2. The van der Waals surface area contributed by atoms with Gasteiger partial charge in [0.2, 0.25) is 0 Å². The number of hydrogen-bond donors (Lipinski definition) is 7. The summed E-state index contributed by atoms with van der Waals surface area (Å²) in [5.41, 5.74) is 13.6. The zero-order valence-corrected chi connectivity index (χ0v) is 22.8. The van der Waals surface area contributed by atoms with Crippen LogP contribution in [-0.4, -0.2) is 70.7 Å². The second-order valence-corrected chi connectivity index (χ2v) is 9.70. The van der Waals surface area contributed by atoms with E-state index in [9.17, 15) is 35.1 Å². The number of nitrogens with one attached hydrogen (secondary N) is 1. The fourth-order valence-electron chi connectivity index (χ4n) is 4.15. The summed E-state index contributed by atoms with van der Waals surface area (Å²) < 4.78 is 5.51. The molecule has 11 N–H and O–H groups in total. The van der Waals surface area contributed by atoms with Crippen molar-refractivity contribution in [2.45, 2.75) is 69.3 Å². The van der Waals surface area contributed by atoms with Gasteiger partial charge in [-0.1, -0.05) is 42.5 Å². The number of unbranched alkanes of at least 4 members (excludes halogenated alkanes) is 1. The number of quaternary nitrogens is 1. The fourth-order valence-corrected chi connectivity index (χ4v) is 4.15. The average Bonchev–Trinajstić information content (AvgIpc) is 3.18. The Morgan fingerprint density at radius 1 is 1.12 bits per heavy atom. The Kier molecular flexibility index (Phi) is 16.9. The second-order valence-electron chi connectivity index (χ2n) is 9.70. The molecule has 1 aromatic carbocycles. The van der Waals surface area contributed by atoms with E-state index in [1.54, 1.807) is 12.2 Å². The van der Waals surface area contributed by atoms with Crippen LogP contribution in [0.1, 0.15) is 44.9 Å². The SMILES string of the molecule is NC(N)=[NH+]CCC[C@H]([NH3+])C(=O)[O-].O=C([O-])CCC/C=C\CC1C(/C=C/[C@@H](O)COc2ccccc2)[C@H](O)C[C@@H]1O. The molecule has 1 saturated carbocycles. The Hall–Kier alpha value is -3.45. The van der Waals surface area contributed by atoms with Crippen LogP contribution in [-0.2, 0) is 9.59 Å². The molecule has 0 heterocycles. The van der Waals surface area contributed by atoms with Gasteiger partial charge in [0.05, 0.1) is 24.7 Å². The molecule has 1 aliphatic rings. The predicted octanol–water partition coefficient (Wildman–Crippen LogP) is -4.31. The molecular weight excluding hydrogens is 520 g/mol. The predicted molar refractivity (Wildman–Crippen MR) is 143 cm³/mol. The molecule has 0 spiro atoms. The summed E-state index contributed by atoms with van der Waals surface area (Å²) in [7, 11) is 0. The zero-order chi connectivity index (χ0) is 29.9. The number of ether oxygens (including phenoxy) is 1. The first-order valence-electron chi connectivity index (χ1n) is 13.4. The van der Waals surface area contributed by atoms with Crippen LogP contribution in [0.4, 0.5) is 0 Å². The van der Waals surface area contributed by atoms with E-state index in [1.165, 1.54) is 0 Å². The molecule has 0 saturated heterocycles. The Bertz CT molecular complexity index is 953. The fraction of sp³-hybridized carbons (Fsp3) is 0.536. The van der Waals surface area contributed by atoms with Crippen molar-refractivity contribution >= 4 is 17.9 Å². The highest BCUT2D eigenvalue weighted by Gasteiger charge is 2.39. The highest BCUT2D eigenvalue weighted by molar-refractivity contribution is 5.69. The molecule has 40 heavy (non-hydrogen) atoms. The highest BCUT2D eigenvalue weighted by atomic mass is 16.5. The molecule has 2 unspecified atom stereocenters. The molecule has 1 aliphatic carbocycles. The topological polar surface area (TPSA) is 244 Å². The zero-order valence-electron chi connectivity index (χ0n) is 22.8. The highest BCUT2D eigenvalue weighted by Crippen LogP contribution is 2.36. The molecule has 224 valence electrons. The number of guanidine groups is 1. The number of aliphatic hydroxyl groups is 3. The second kappa shape index (κ2) is 19.6. The van der Waals surface area contributed by atoms with Gasteiger partial charge in [-0.15, -0.1) is 0 Å². The van der Waals surface area contributed by atoms with Crippen molar-refractivity contribution in [2.24, 2.45) is 23.3 Å². The number of hydrogen-bond acceptors (Lipinski definition) is 8. The van der Waals surface area contributed by atoms with Crippen LogP contribution in [0.15, 0.2) is 54.6 Å². The van der Waals surface area contributed by atoms with E-state index in [4.69, 9.17) is 16.2 Å². The average molecular weight is 565 g/mol. The number of benzene rings is 1. The summed E-state index contributed by atoms with van der Waals surface area (Å²) in [5, 5.41) is 51.1. The van der Waals surface area contributed by atoms with Crippen LogP contribution in [0.25, 0.3) is 0 Å². The molecule has 0 amide bonds. The van der Waals surface area contributed by atoms with Gasteiger partial charge in [-0.25, -0.2) is 0 Å². The van der Waals surface area contributed by atoms with Gasteiger partial charge in [0.1, 0.15) is 24.5 Å². The van der Waals surface area contributed by atoms with Crippen molar-refractivity contribution in [1.82, 2.24) is 0 Å². The maximum absolute atomic E-state index is 10.4. The van der Waals surface area contributed by atoms with E-state index in [0.717, 1.165) is 0 Å². The summed E-state index contributed by atoms with van der Waals surface area (Å²) >= 11 is 0. The summed E-state index contributed by atoms with van der Waals surface area (Å²) in [6.07, 6.45) is 8.25. The molecular formula is C28H44N4O8. The summed E-state index contributed by atoms with van der Waals surface area (Å²) in [4.78, 5) is 23.2. The number of aliphatic carboxylic acids is 2. The molecule has 0 aromatic heterocycles. The Balaban J connectivity index is 0.000000562. The minimum Gasteiger partial charge on any atom is -0.550 e. The van der Waals surface area contributed by atoms with Gasteiger partial charge in [-0.3, -0.25) is 16.5 Å². The minimum atomic E-state index is -1.13. The van der Waals surface area contributed by atoms with Gasteiger partial charge in [-0.2, -0.15) is 0 Å². The molecule has 1 aromatic rings. The van der Waals surface area contributed by atoms with E-state index in [2.05, 4.69) is 10.7 Å². The number of carbonyl (C=O) groups excluding carboxylic acids is 2. The van der Waals surface area contributed by atoms with Gasteiger partial charge in [0.15, 0.2) is 0 Å². The maximum atomic E-state index is 10.4. The lowest BCUT2D eigenvalue weighted by Crippen LogP contribution is -2.78. The van der Waals surface area contributed by atoms with Crippen molar-refractivity contribution in [3.05, 3.63) is 54.6 Å². The third-order valence-corrected chi connectivity index (χ3v) is 6.35. The number of aliphatic hydroxyl groups excluding tert-OH is 3.